The van der Waals surface area contributed by atoms with E-state index in [-0.39, 0.29) is 18.0 Å². The van der Waals surface area contributed by atoms with Crippen molar-refractivity contribution in [3.05, 3.63) is 24.1 Å². The fraction of sp³-hybridized carbons (Fsp3) is 0.545. The lowest BCUT2D eigenvalue weighted by atomic mass is 9.93. The van der Waals surface area contributed by atoms with Gasteiger partial charge in [0.25, 0.3) is 0 Å². The van der Waals surface area contributed by atoms with Gasteiger partial charge in [0, 0.05) is 12.2 Å². The first-order chi connectivity index (χ1) is 7.25. The van der Waals surface area contributed by atoms with Gasteiger partial charge in [-0.25, -0.2) is 9.37 Å². The Kier molecular flexibility index (Phi) is 3.16. The maximum Gasteiger partial charge on any atom is 0.165 e. The number of nitrogens with zero attached hydrogens (tertiary/aromatic N) is 1. The minimum Gasteiger partial charge on any atom is -0.393 e. The van der Waals surface area contributed by atoms with E-state index in [2.05, 4.69) is 10.3 Å². The Morgan fingerprint density at radius 1 is 1.33 bits per heavy atom. The topological polar surface area (TPSA) is 45.1 Å². The normalized spacial score (nSPS) is 26.3. The number of halogens is 1. The third kappa shape index (κ3) is 2.65. The zero-order valence-electron chi connectivity index (χ0n) is 8.49. The lowest BCUT2D eigenvalue weighted by Gasteiger charge is -2.26. The van der Waals surface area contributed by atoms with Crippen molar-refractivity contribution >= 4 is 5.82 Å². The van der Waals surface area contributed by atoms with Gasteiger partial charge in [0.1, 0.15) is 0 Å². The van der Waals surface area contributed by atoms with Gasteiger partial charge in [-0.05, 0) is 37.8 Å². The fourth-order valence-corrected chi connectivity index (χ4v) is 1.91. The van der Waals surface area contributed by atoms with Crippen LogP contribution in [0.5, 0.6) is 0 Å². The Labute approximate surface area is 88.3 Å². The second-order valence-electron chi connectivity index (χ2n) is 3.98. The maximum atomic E-state index is 13.2. The van der Waals surface area contributed by atoms with E-state index in [1.54, 1.807) is 12.3 Å². The molecule has 0 bridgehead atoms. The first-order valence-electron chi connectivity index (χ1n) is 5.31. The molecule has 15 heavy (non-hydrogen) atoms. The van der Waals surface area contributed by atoms with Crippen LogP contribution in [0.1, 0.15) is 25.7 Å². The third-order valence-corrected chi connectivity index (χ3v) is 2.80. The minimum absolute atomic E-state index is 0.184. The molecule has 1 aromatic rings. The second kappa shape index (κ2) is 4.57. The average Bonchev–Trinajstić information content (AvgIpc) is 2.25. The van der Waals surface area contributed by atoms with Gasteiger partial charge in [0.15, 0.2) is 11.6 Å². The first kappa shape index (κ1) is 10.4. The molecule has 1 saturated carbocycles. The Bertz CT molecular complexity index is 324. The Hall–Kier alpha value is -1.16. The zero-order valence-corrected chi connectivity index (χ0v) is 8.49. The van der Waals surface area contributed by atoms with Crippen molar-refractivity contribution in [2.45, 2.75) is 37.8 Å². The van der Waals surface area contributed by atoms with Crippen LogP contribution in [0, 0.1) is 5.82 Å². The molecular weight excluding hydrogens is 195 g/mol. The predicted octanol–water partition coefficient (Wildman–Crippen LogP) is 1.94. The number of aliphatic hydroxyl groups excluding tert-OH is 1. The number of aromatic nitrogens is 1. The highest BCUT2D eigenvalue weighted by molar-refractivity contribution is 5.36. The van der Waals surface area contributed by atoms with Gasteiger partial charge in [-0.3, -0.25) is 0 Å². The number of hydrogen-bond acceptors (Lipinski definition) is 3. The molecule has 1 aliphatic rings. The standard InChI is InChI=1S/C11H15FN2O/c12-10-2-1-7-13-11(10)14-8-3-5-9(15)6-4-8/h1-2,7-9,15H,3-6H2,(H,13,14). The largest absolute Gasteiger partial charge is 0.393 e. The molecule has 4 heteroatoms. The third-order valence-electron chi connectivity index (χ3n) is 2.80. The molecule has 0 aliphatic heterocycles. The number of rotatable bonds is 2. The van der Waals surface area contributed by atoms with Gasteiger partial charge in [0.2, 0.25) is 0 Å². The van der Waals surface area contributed by atoms with Crippen LogP contribution in [0.25, 0.3) is 0 Å². The molecule has 0 atom stereocenters. The fourth-order valence-electron chi connectivity index (χ4n) is 1.91. The molecule has 0 amide bonds. The van der Waals surface area contributed by atoms with Gasteiger partial charge in [-0.15, -0.1) is 0 Å². The summed E-state index contributed by atoms with van der Waals surface area (Å²) in [6.45, 7) is 0. The summed E-state index contributed by atoms with van der Waals surface area (Å²) in [4.78, 5) is 3.94. The highest BCUT2D eigenvalue weighted by Crippen LogP contribution is 2.22. The lowest BCUT2D eigenvalue weighted by Crippen LogP contribution is -2.28. The smallest absolute Gasteiger partial charge is 0.165 e. The van der Waals surface area contributed by atoms with Crippen LogP contribution in [0.4, 0.5) is 10.2 Å². The van der Waals surface area contributed by atoms with Crippen LogP contribution in [0.15, 0.2) is 18.3 Å². The van der Waals surface area contributed by atoms with E-state index in [0.717, 1.165) is 25.7 Å². The first-order valence-corrected chi connectivity index (χ1v) is 5.31. The van der Waals surface area contributed by atoms with Crippen molar-refractivity contribution in [3.8, 4) is 0 Å². The van der Waals surface area contributed by atoms with Gasteiger partial charge < -0.3 is 10.4 Å². The number of hydrogen-bond donors (Lipinski definition) is 2. The van der Waals surface area contributed by atoms with E-state index in [1.807, 2.05) is 0 Å². The summed E-state index contributed by atoms with van der Waals surface area (Å²) in [5, 5.41) is 12.4. The van der Waals surface area contributed by atoms with Crippen LogP contribution in [0.3, 0.4) is 0 Å². The number of pyridine rings is 1. The molecule has 2 rings (SSSR count). The van der Waals surface area contributed by atoms with Crippen LogP contribution in [-0.4, -0.2) is 22.2 Å². The SMILES string of the molecule is OC1CCC(Nc2ncccc2F)CC1. The van der Waals surface area contributed by atoms with Gasteiger partial charge in [0.05, 0.1) is 6.10 Å². The van der Waals surface area contributed by atoms with Crippen molar-refractivity contribution in [2.24, 2.45) is 0 Å². The molecule has 3 nitrogen and oxygen atoms in total. The van der Waals surface area contributed by atoms with E-state index in [1.165, 1.54) is 6.07 Å². The summed E-state index contributed by atoms with van der Waals surface area (Å²) in [5.41, 5.74) is 0. The summed E-state index contributed by atoms with van der Waals surface area (Å²) >= 11 is 0. The summed E-state index contributed by atoms with van der Waals surface area (Å²) in [7, 11) is 0. The predicted molar refractivity (Wildman–Crippen MR) is 56.1 cm³/mol. The molecule has 1 fully saturated rings. The zero-order chi connectivity index (χ0) is 10.7. The maximum absolute atomic E-state index is 13.2. The van der Waals surface area contributed by atoms with E-state index < -0.39 is 0 Å². The van der Waals surface area contributed by atoms with Crippen LogP contribution >= 0.6 is 0 Å². The van der Waals surface area contributed by atoms with Crippen LogP contribution in [0.2, 0.25) is 0 Å². The Morgan fingerprint density at radius 3 is 2.73 bits per heavy atom. The lowest BCUT2D eigenvalue weighted by molar-refractivity contribution is 0.126. The molecule has 1 heterocycles. The van der Waals surface area contributed by atoms with E-state index in [4.69, 9.17) is 0 Å². The summed E-state index contributed by atoms with van der Waals surface area (Å²) in [5.74, 6) is 0.00233. The Morgan fingerprint density at radius 2 is 2.07 bits per heavy atom. The molecule has 0 unspecified atom stereocenters. The highest BCUT2D eigenvalue weighted by Gasteiger charge is 2.20. The molecule has 2 N–H and O–H groups in total. The summed E-state index contributed by atoms with van der Waals surface area (Å²) in [6, 6.07) is 3.20. The van der Waals surface area contributed by atoms with Crippen molar-refractivity contribution in [1.29, 1.82) is 0 Å². The average molecular weight is 210 g/mol. The monoisotopic (exact) mass is 210 g/mol. The highest BCUT2D eigenvalue weighted by atomic mass is 19.1. The second-order valence-corrected chi connectivity index (χ2v) is 3.98. The van der Waals surface area contributed by atoms with Crippen LogP contribution < -0.4 is 5.32 Å². The van der Waals surface area contributed by atoms with Crippen molar-refractivity contribution in [2.75, 3.05) is 5.32 Å². The molecule has 1 aliphatic carbocycles. The van der Waals surface area contributed by atoms with E-state index in [9.17, 15) is 9.50 Å². The van der Waals surface area contributed by atoms with Gasteiger partial charge in [-0.1, -0.05) is 0 Å². The van der Waals surface area contributed by atoms with Crippen molar-refractivity contribution in [1.82, 2.24) is 4.98 Å². The molecule has 0 radical (unpaired) electrons. The molecular formula is C11H15FN2O. The van der Waals surface area contributed by atoms with Crippen molar-refractivity contribution < 1.29 is 9.50 Å². The van der Waals surface area contributed by atoms with Gasteiger partial charge in [-0.2, -0.15) is 0 Å². The number of aliphatic hydroxyl groups is 1. The van der Waals surface area contributed by atoms with E-state index >= 15 is 0 Å². The minimum atomic E-state index is -0.316. The summed E-state index contributed by atoms with van der Waals surface area (Å²) in [6.07, 6.45) is 4.70. The molecule has 0 spiro atoms. The van der Waals surface area contributed by atoms with E-state index in [0.29, 0.717) is 5.82 Å². The number of nitrogens with one attached hydrogen (secondary N) is 1. The quantitative estimate of drug-likeness (QED) is 0.784. The molecule has 82 valence electrons. The number of anilines is 1. The van der Waals surface area contributed by atoms with Crippen molar-refractivity contribution in [3.63, 3.8) is 0 Å². The molecule has 0 aromatic carbocycles. The Balaban J connectivity index is 1.95. The molecule has 0 saturated heterocycles. The van der Waals surface area contributed by atoms with Crippen LogP contribution in [-0.2, 0) is 0 Å². The molecule has 1 aromatic heterocycles. The van der Waals surface area contributed by atoms with Gasteiger partial charge >= 0.3 is 0 Å². The summed E-state index contributed by atoms with van der Waals surface area (Å²) < 4.78 is 13.2.